The highest BCUT2D eigenvalue weighted by Crippen LogP contribution is 2.24. The molecule has 0 saturated heterocycles. The van der Waals surface area contributed by atoms with Gasteiger partial charge in [-0.3, -0.25) is 15.1 Å². The Morgan fingerprint density at radius 2 is 2.00 bits per heavy atom. The van der Waals surface area contributed by atoms with Crippen molar-refractivity contribution in [1.82, 2.24) is 15.1 Å². The monoisotopic (exact) mass is 288 g/mol. The molecule has 0 unspecified atom stereocenters. The molecule has 102 valence electrons. The lowest BCUT2D eigenvalue weighted by Crippen LogP contribution is -2.10. The molecule has 3 aromatic rings. The quantitative estimate of drug-likeness (QED) is 0.801. The van der Waals surface area contributed by atoms with Crippen LogP contribution in [0.1, 0.15) is 18.0 Å². The molecule has 0 radical (unpaired) electrons. The summed E-state index contributed by atoms with van der Waals surface area (Å²) in [6.45, 7) is 0. The van der Waals surface area contributed by atoms with Crippen molar-refractivity contribution in [3.8, 4) is 11.3 Å². The third-order valence-electron chi connectivity index (χ3n) is 2.36. The molecule has 0 atom stereocenters. The second-order valence-electron chi connectivity index (χ2n) is 3.60. The lowest BCUT2D eigenvalue weighted by Gasteiger charge is -1.97. The molecule has 0 aliphatic carbocycles. The lowest BCUT2D eigenvalue weighted by atomic mass is 10.2. The second-order valence-corrected chi connectivity index (χ2v) is 4.46. The van der Waals surface area contributed by atoms with E-state index >= 15 is 0 Å². The van der Waals surface area contributed by atoms with E-state index in [0.717, 1.165) is 11.3 Å². The molecule has 0 saturated carbocycles. The summed E-state index contributed by atoms with van der Waals surface area (Å²) in [6.07, 6.45) is 4.81. The number of aromatic nitrogens is 3. The van der Waals surface area contributed by atoms with Crippen molar-refractivity contribution >= 4 is 22.4 Å². The first kappa shape index (κ1) is 13.9. The molecule has 3 heterocycles. The predicted octanol–water partition coefficient (Wildman–Crippen LogP) is 3.08. The molecule has 7 heteroatoms. The molecular weight excluding hydrogens is 276 g/mol. The van der Waals surface area contributed by atoms with Gasteiger partial charge in [0, 0.05) is 29.4 Å². The first-order valence-corrected chi connectivity index (χ1v) is 6.29. The summed E-state index contributed by atoms with van der Waals surface area (Å²) in [4.78, 5) is 20.0. The number of rotatable bonds is 3. The Hall–Kier alpha value is -2.54. The summed E-state index contributed by atoms with van der Waals surface area (Å²) in [5.41, 5.74) is 1.74. The highest BCUT2D eigenvalue weighted by molar-refractivity contribution is 7.14. The van der Waals surface area contributed by atoms with Gasteiger partial charge in [-0.25, -0.2) is 4.98 Å². The topological polar surface area (TPSA) is 80.9 Å². The molecule has 1 amide bonds. The molecule has 20 heavy (non-hydrogen) atoms. The van der Waals surface area contributed by atoms with Crippen LogP contribution >= 0.6 is 11.3 Å². The van der Waals surface area contributed by atoms with Crippen LogP contribution in [0.25, 0.3) is 11.3 Å². The van der Waals surface area contributed by atoms with E-state index in [1.54, 1.807) is 12.4 Å². The Morgan fingerprint density at radius 1 is 1.20 bits per heavy atom. The van der Waals surface area contributed by atoms with Crippen molar-refractivity contribution in [1.29, 1.82) is 0 Å². The van der Waals surface area contributed by atoms with Gasteiger partial charge in [0.1, 0.15) is 0 Å². The lowest BCUT2D eigenvalue weighted by molar-refractivity contribution is 0.0988. The van der Waals surface area contributed by atoms with Crippen LogP contribution in [0.4, 0.5) is 5.13 Å². The van der Waals surface area contributed by atoms with Crippen molar-refractivity contribution in [3.63, 3.8) is 0 Å². The van der Waals surface area contributed by atoms with E-state index in [0.29, 0.717) is 5.13 Å². The Morgan fingerprint density at radius 3 is 2.70 bits per heavy atom. The number of hydrogen-bond donors (Lipinski definition) is 1. The minimum atomic E-state index is -0.367. The van der Waals surface area contributed by atoms with Crippen molar-refractivity contribution in [2.45, 2.75) is 7.43 Å². The van der Waals surface area contributed by atoms with Crippen molar-refractivity contribution in [2.24, 2.45) is 0 Å². The third kappa shape index (κ3) is 2.89. The summed E-state index contributed by atoms with van der Waals surface area (Å²) in [5.74, 6) is -0.214. The number of nitrogens with one attached hydrogen (secondary N) is 1. The fraction of sp³-hybridized carbons (Fsp3) is 0.0769. The van der Waals surface area contributed by atoms with Crippen LogP contribution in [0.5, 0.6) is 0 Å². The SMILES string of the molecule is C.O=C(Nc1nc(-c2ccncc2)cs1)c1ccno1. The normalized spacial score (nSPS) is 9.80. The molecule has 0 aliphatic rings. The predicted molar refractivity (Wildman–Crippen MR) is 76.5 cm³/mol. The number of amides is 1. The number of thiazole rings is 1. The van der Waals surface area contributed by atoms with Gasteiger partial charge >= 0.3 is 0 Å². The van der Waals surface area contributed by atoms with E-state index in [9.17, 15) is 4.79 Å². The molecule has 0 aliphatic heterocycles. The van der Waals surface area contributed by atoms with E-state index < -0.39 is 0 Å². The zero-order chi connectivity index (χ0) is 13.1. The highest BCUT2D eigenvalue weighted by Gasteiger charge is 2.12. The maximum Gasteiger partial charge on any atom is 0.296 e. The molecule has 3 rings (SSSR count). The molecule has 0 aromatic carbocycles. The van der Waals surface area contributed by atoms with Crippen LogP contribution in [0, 0.1) is 0 Å². The van der Waals surface area contributed by atoms with Crippen molar-refractivity contribution in [2.75, 3.05) is 5.32 Å². The van der Waals surface area contributed by atoms with E-state index in [-0.39, 0.29) is 19.1 Å². The number of nitrogens with zero attached hydrogens (tertiary/aromatic N) is 3. The third-order valence-corrected chi connectivity index (χ3v) is 3.12. The van der Waals surface area contributed by atoms with E-state index in [1.807, 2.05) is 17.5 Å². The minimum Gasteiger partial charge on any atom is -0.351 e. The summed E-state index contributed by atoms with van der Waals surface area (Å²) in [7, 11) is 0. The summed E-state index contributed by atoms with van der Waals surface area (Å²) >= 11 is 1.34. The minimum absolute atomic E-state index is 0. The molecule has 6 nitrogen and oxygen atoms in total. The van der Waals surface area contributed by atoms with Crippen LogP contribution in [-0.4, -0.2) is 21.0 Å². The van der Waals surface area contributed by atoms with Gasteiger partial charge in [-0.1, -0.05) is 12.6 Å². The van der Waals surface area contributed by atoms with Gasteiger partial charge in [-0.05, 0) is 12.1 Å². The Kier molecular flexibility index (Phi) is 4.21. The van der Waals surface area contributed by atoms with Gasteiger partial charge in [0.2, 0.25) is 5.76 Å². The summed E-state index contributed by atoms with van der Waals surface area (Å²) in [5, 5.41) is 8.51. The van der Waals surface area contributed by atoms with Crippen molar-refractivity contribution < 1.29 is 9.32 Å². The van der Waals surface area contributed by atoms with Gasteiger partial charge in [-0.2, -0.15) is 0 Å². The zero-order valence-corrected chi connectivity index (χ0v) is 10.4. The Bertz CT molecular complexity index is 679. The maximum absolute atomic E-state index is 11.7. The number of carbonyl (C=O) groups excluding carboxylic acids is 1. The standard InChI is InChI=1S/C12H8N4O2S.CH4/c17-11(10-3-6-14-18-10)16-12-15-9(7-19-12)8-1-4-13-5-2-8;/h1-7H,(H,15,16,17);1H4. The average molecular weight is 288 g/mol. The first-order valence-electron chi connectivity index (χ1n) is 5.41. The molecule has 0 spiro atoms. The van der Waals surface area contributed by atoms with Crippen molar-refractivity contribution in [3.05, 3.63) is 47.9 Å². The van der Waals surface area contributed by atoms with Gasteiger partial charge in [0.25, 0.3) is 5.91 Å². The molecule has 1 N–H and O–H groups in total. The van der Waals surface area contributed by atoms with Gasteiger partial charge < -0.3 is 4.52 Å². The van der Waals surface area contributed by atoms with E-state index in [4.69, 9.17) is 4.52 Å². The average Bonchev–Trinajstić information content (AvgIpc) is 3.11. The van der Waals surface area contributed by atoms with E-state index in [1.165, 1.54) is 23.6 Å². The number of carbonyl (C=O) groups is 1. The second kappa shape index (κ2) is 6.07. The summed E-state index contributed by atoms with van der Waals surface area (Å²) in [6, 6.07) is 5.21. The molecule has 0 bridgehead atoms. The van der Waals surface area contributed by atoms with Crippen LogP contribution in [-0.2, 0) is 0 Å². The van der Waals surface area contributed by atoms with Crippen LogP contribution in [0.3, 0.4) is 0 Å². The molecule has 0 fully saturated rings. The Labute approximate surface area is 119 Å². The van der Waals surface area contributed by atoms with Crippen LogP contribution < -0.4 is 5.32 Å². The number of hydrogen-bond acceptors (Lipinski definition) is 6. The van der Waals surface area contributed by atoms with Gasteiger partial charge in [0.15, 0.2) is 5.13 Å². The van der Waals surface area contributed by atoms with Gasteiger partial charge in [-0.15, -0.1) is 11.3 Å². The fourth-order valence-electron chi connectivity index (χ4n) is 1.48. The van der Waals surface area contributed by atoms with Crippen LogP contribution in [0.15, 0.2) is 46.7 Å². The molecule has 3 aromatic heterocycles. The molecular formula is C13H12N4O2S. The van der Waals surface area contributed by atoms with E-state index in [2.05, 4.69) is 20.4 Å². The van der Waals surface area contributed by atoms with Gasteiger partial charge in [0.05, 0.1) is 11.9 Å². The smallest absolute Gasteiger partial charge is 0.296 e. The van der Waals surface area contributed by atoms with Crippen LogP contribution in [0.2, 0.25) is 0 Å². The Balaban J connectivity index is 0.00000147. The number of anilines is 1. The first-order chi connectivity index (χ1) is 9.33. The number of pyridine rings is 1. The summed E-state index contributed by atoms with van der Waals surface area (Å²) < 4.78 is 4.77. The fourth-order valence-corrected chi connectivity index (χ4v) is 2.19. The largest absolute Gasteiger partial charge is 0.351 e. The zero-order valence-electron chi connectivity index (χ0n) is 9.61. The maximum atomic E-state index is 11.7. The highest BCUT2D eigenvalue weighted by atomic mass is 32.1.